The van der Waals surface area contributed by atoms with Crippen LogP contribution in [0.15, 0.2) is 41.0 Å². The molecule has 1 amide bonds. The number of unbranched alkanes of at least 4 members (excludes halogenated alkanes) is 1. The molecular weight excluding hydrogens is 729 g/mol. The zero-order valence-corrected chi connectivity index (χ0v) is 36.0. The van der Waals surface area contributed by atoms with Crippen molar-refractivity contribution in [2.75, 3.05) is 62.0 Å². The van der Waals surface area contributed by atoms with Crippen molar-refractivity contribution >= 4 is 35.0 Å². The number of amides is 1. The monoisotopic (exact) mass is 799 g/mol. The van der Waals surface area contributed by atoms with E-state index in [1.165, 1.54) is 24.8 Å². The number of para-hydroxylation sites is 1. The number of anilines is 2. The van der Waals surface area contributed by atoms with Crippen LogP contribution in [0, 0.1) is 0 Å². The second-order valence-corrected chi connectivity index (χ2v) is 16.6. The molecule has 318 valence electrons. The van der Waals surface area contributed by atoms with Crippen molar-refractivity contribution in [3.8, 4) is 0 Å². The average Bonchev–Trinajstić information content (AvgIpc) is 3.99. The Bertz CT molecular complexity index is 1900. The van der Waals surface area contributed by atoms with Gasteiger partial charge in [-0.25, -0.2) is 14.5 Å². The lowest BCUT2D eigenvalue weighted by atomic mass is 9.88. The topological polar surface area (TPSA) is 141 Å². The Morgan fingerprint density at radius 1 is 1.00 bits per heavy atom. The van der Waals surface area contributed by atoms with Crippen LogP contribution in [0.5, 0.6) is 0 Å². The molecule has 1 unspecified atom stereocenters. The predicted molar refractivity (Wildman–Crippen MR) is 235 cm³/mol. The fraction of sp³-hybridized carbons (Fsp3) is 0.667. The number of aryl methyl sites for hydroxylation is 1. The lowest BCUT2D eigenvalue weighted by Crippen LogP contribution is -2.42. The van der Waals surface area contributed by atoms with Gasteiger partial charge < -0.3 is 25.6 Å². The number of aldehydes is 1. The van der Waals surface area contributed by atoms with Gasteiger partial charge in [0.2, 0.25) is 11.9 Å². The number of fused-ring (bicyclic) bond motifs is 3. The first-order valence-electron chi connectivity index (χ1n) is 22.5. The Labute approximate surface area is 345 Å². The number of piperidine rings is 1. The number of imidazole rings is 1. The van der Waals surface area contributed by atoms with Gasteiger partial charge >= 0.3 is 5.69 Å². The molecule has 0 radical (unpaired) electrons. The number of carbonyl (C=O) groups is 2. The van der Waals surface area contributed by atoms with E-state index >= 15 is 0 Å². The fourth-order valence-electron chi connectivity index (χ4n) is 9.44. The zero-order valence-electron chi connectivity index (χ0n) is 36.0. The molecule has 1 atom stereocenters. The minimum Gasteiger partial charge on any atom is -0.351 e. The molecule has 4 heterocycles. The lowest BCUT2D eigenvalue weighted by Gasteiger charge is -2.32. The van der Waals surface area contributed by atoms with Crippen LogP contribution in [0.1, 0.15) is 134 Å². The van der Waals surface area contributed by atoms with Crippen LogP contribution in [0.25, 0.3) is 11.0 Å². The number of likely N-dealkylation sites (tertiary alicyclic amines) is 1. The molecule has 1 spiro atoms. The first-order valence-corrected chi connectivity index (χ1v) is 22.5. The summed E-state index contributed by atoms with van der Waals surface area (Å²) in [4.78, 5) is 52.3. The van der Waals surface area contributed by atoms with Gasteiger partial charge in [0, 0.05) is 43.0 Å². The second-order valence-electron chi connectivity index (χ2n) is 16.6. The van der Waals surface area contributed by atoms with Crippen LogP contribution >= 0.6 is 0 Å². The highest BCUT2D eigenvalue weighted by molar-refractivity contribution is 6.09. The average molecular weight is 799 g/mol. The first-order chi connectivity index (χ1) is 28.4. The standard InChI is InChI=1S/C43H64N10O3.C2H6/c1-4-32(12-8-9-29-54)49-53-37-16-10-15-35(38(37)50(3)42(53)56)31-19-27-51(28-20-31)26-11-23-45-25-18-33(17-24-44-2)47-41-46-30-36-39(48-41)52(34-13-6-5-7-14-34)40(55)43(36)21-22-43;1-2/h4,10,15-16,29-31,33-34,44-45,49H,5-9,11-14,17-28H2,1-3H3,(H,46,47,48);1-2H3/b32-4+;. The van der Waals surface area contributed by atoms with E-state index in [0.29, 0.717) is 18.3 Å². The van der Waals surface area contributed by atoms with Gasteiger partial charge in [-0.1, -0.05) is 51.3 Å². The van der Waals surface area contributed by atoms with Crippen LogP contribution in [-0.4, -0.2) is 94.7 Å². The highest BCUT2D eigenvalue weighted by Gasteiger charge is 2.61. The molecule has 2 aliphatic heterocycles. The summed E-state index contributed by atoms with van der Waals surface area (Å²) < 4.78 is 3.44. The zero-order chi connectivity index (χ0) is 41.1. The highest BCUT2D eigenvalue weighted by Crippen LogP contribution is 2.57. The van der Waals surface area contributed by atoms with Crippen molar-refractivity contribution in [3.05, 3.63) is 57.8 Å². The van der Waals surface area contributed by atoms with Gasteiger partial charge in [-0.05, 0) is 141 Å². The van der Waals surface area contributed by atoms with Crippen LogP contribution in [0.2, 0.25) is 0 Å². The van der Waals surface area contributed by atoms with E-state index in [1.54, 1.807) is 9.24 Å². The van der Waals surface area contributed by atoms with Gasteiger partial charge in [0.25, 0.3) is 0 Å². The minimum absolute atomic E-state index is 0.0851. The van der Waals surface area contributed by atoms with E-state index in [0.717, 1.165) is 144 Å². The summed E-state index contributed by atoms with van der Waals surface area (Å²) in [5, 5.41) is 10.6. The van der Waals surface area contributed by atoms with E-state index < -0.39 is 0 Å². The number of hydrogen-bond acceptors (Lipinski definition) is 10. The number of rotatable bonds is 20. The van der Waals surface area contributed by atoms with E-state index in [2.05, 4.69) is 43.3 Å². The van der Waals surface area contributed by atoms with Crippen molar-refractivity contribution in [1.29, 1.82) is 0 Å². The Morgan fingerprint density at radius 3 is 2.47 bits per heavy atom. The molecule has 2 saturated carbocycles. The molecule has 4 aliphatic rings. The molecule has 1 aromatic carbocycles. The highest BCUT2D eigenvalue weighted by atomic mass is 16.2. The summed E-state index contributed by atoms with van der Waals surface area (Å²) in [6, 6.07) is 6.78. The quantitative estimate of drug-likeness (QED) is 0.0758. The maximum absolute atomic E-state index is 13.6. The van der Waals surface area contributed by atoms with Crippen molar-refractivity contribution in [3.63, 3.8) is 0 Å². The van der Waals surface area contributed by atoms with Crippen molar-refractivity contribution < 1.29 is 9.59 Å². The van der Waals surface area contributed by atoms with E-state index in [9.17, 15) is 14.4 Å². The normalized spacial score (nSPS) is 18.9. The number of aromatic nitrogens is 4. The number of nitrogens with one attached hydrogen (secondary N) is 4. The van der Waals surface area contributed by atoms with Gasteiger partial charge in [0.15, 0.2) is 0 Å². The van der Waals surface area contributed by atoms with Gasteiger partial charge in [0.05, 0.1) is 16.4 Å². The first kappa shape index (κ1) is 43.5. The molecule has 7 rings (SSSR count). The van der Waals surface area contributed by atoms with Crippen LogP contribution < -0.4 is 32.0 Å². The molecule has 58 heavy (non-hydrogen) atoms. The third-order valence-corrected chi connectivity index (χ3v) is 12.9. The van der Waals surface area contributed by atoms with Crippen LogP contribution in [0.3, 0.4) is 0 Å². The Morgan fingerprint density at radius 2 is 1.76 bits per heavy atom. The largest absolute Gasteiger partial charge is 0.351 e. The smallest absolute Gasteiger partial charge is 0.347 e. The number of allylic oxidation sites excluding steroid dienone is 2. The SMILES string of the molecule is C/C=C(\CCCC=O)Nn1c(=O)n(C)c2c(C3CCN(CCCNCCC(CCNC)Nc4ncc5c(n4)N(C4CCCCC4)C(=O)C54CC4)CC3)cccc21.CC. The number of carbonyl (C=O) groups excluding carboxylic acids is 2. The van der Waals surface area contributed by atoms with Gasteiger partial charge in [-0.15, -0.1) is 0 Å². The van der Waals surface area contributed by atoms with E-state index in [1.807, 2.05) is 53.2 Å². The number of hydrogen-bond donors (Lipinski definition) is 4. The molecule has 4 N–H and O–H groups in total. The maximum Gasteiger partial charge on any atom is 0.347 e. The number of nitrogens with zero attached hydrogens (tertiary/aromatic N) is 6. The van der Waals surface area contributed by atoms with Crippen LogP contribution in [-0.2, 0) is 22.1 Å². The molecule has 1 saturated heterocycles. The summed E-state index contributed by atoms with van der Waals surface area (Å²) in [6.45, 7) is 11.9. The van der Waals surface area contributed by atoms with E-state index in [-0.39, 0.29) is 29.1 Å². The van der Waals surface area contributed by atoms with E-state index in [4.69, 9.17) is 9.97 Å². The summed E-state index contributed by atoms with van der Waals surface area (Å²) >= 11 is 0. The summed E-state index contributed by atoms with van der Waals surface area (Å²) in [7, 11) is 3.86. The molecule has 13 nitrogen and oxygen atoms in total. The van der Waals surface area contributed by atoms with Gasteiger partial charge in [-0.2, -0.15) is 4.98 Å². The fourth-order valence-corrected chi connectivity index (χ4v) is 9.44. The van der Waals surface area contributed by atoms with Crippen molar-refractivity contribution in [2.24, 2.45) is 7.05 Å². The molecule has 2 aliphatic carbocycles. The van der Waals surface area contributed by atoms with Crippen LogP contribution in [0.4, 0.5) is 11.8 Å². The van der Waals surface area contributed by atoms with Gasteiger partial charge in [-0.3, -0.25) is 19.7 Å². The summed E-state index contributed by atoms with van der Waals surface area (Å²) in [5.74, 6) is 2.17. The third-order valence-electron chi connectivity index (χ3n) is 12.9. The lowest BCUT2D eigenvalue weighted by molar-refractivity contribution is -0.120. The summed E-state index contributed by atoms with van der Waals surface area (Å²) in [5.41, 5.74) is 8.04. The molecule has 3 aromatic rings. The molecule has 2 aromatic heterocycles. The van der Waals surface area contributed by atoms with Crippen molar-refractivity contribution in [2.45, 2.75) is 141 Å². The third kappa shape index (κ3) is 9.69. The molecular formula is C45H70N10O3. The predicted octanol–water partition coefficient (Wildman–Crippen LogP) is 6.32. The minimum atomic E-state index is -0.353. The molecule has 13 heteroatoms. The second kappa shape index (κ2) is 20.8. The molecule has 3 fully saturated rings. The Hall–Kier alpha value is -4.07. The number of benzene rings is 1. The Kier molecular flexibility index (Phi) is 15.6. The summed E-state index contributed by atoms with van der Waals surface area (Å²) in [6.07, 6.45) is 19.6. The molecule has 0 bridgehead atoms. The maximum atomic E-state index is 13.6. The Balaban J connectivity index is 0.00000279. The van der Waals surface area contributed by atoms with Gasteiger partial charge in [0.1, 0.15) is 12.1 Å². The van der Waals surface area contributed by atoms with Crippen molar-refractivity contribution in [1.82, 2.24) is 34.7 Å².